The lowest BCUT2D eigenvalue weighted by Gasteiger charge is -2.14. The van der Waals surface area contributed by atoms with Gasteiger partial charge in [0.15, 0.2) is 0 Å². The van der Waals surface area contributed by atoms with Gasteiger partial charge in [-0.1, -0.05) is 6.07 Å². The lowest BCUT2D eigenvalue weighted by atomic mass is 9.99. The molecule has 4 nitrogen and oxygen atoms in total. The van der Waals surface area contributed by atoms with Gasteiger partial charge in [-0.3, -0.25) is 5.10 Å². The molecule has 0 radical (unpaired) electrons. The van der Waals surface area contributed by atoms with Crippen molar-refractivity contribution in [3.63, 3.8) is 0 Å². The first-order valence-electron chi connectivity index (χ1n) is 5.18. The number of benzene rings is 1. The number of rotatable bonds is 2. The van der Waals surface area contributed by atoms with Crippen molar-refractivity contribution < 1.29 is 13.2 Å². The number of aryl methyl sites for hydroxylation is 1. The molecule has 0 saturated carbocycles. The van der Waals surface area contributed by atoms with Crippen molar-refractivity contribution in [3.8, 4) is 0 Å². The van der Waals surface area contributed by atoms with E-state index >= 15 is 0 Å². The molecular formula is C11H11F3N4. The lowest BCUT2D eigenvalue weighted by Crippen LogP contribution is -2.16. The highest BCUT2D eigenvalue weighted by Gasteiger charge is 2.31. The monoisotopic (exact) mass is 256 g/mol. The van der Waals surface area contributed by atoms with Gasteiger partial charge in [-0.25, -0.2) is 4.98 Å². The van der Waals surface area contributed by atoms with E-state index in [4.69, 9.17) is 5.73 Å². The topological polar surface area (TPSA) is 67.6 Å². The van der Waals surface area contributed by atoms with Gasteiger partial charge >= 0.3 is 6.18 Å². The molecule has 1 aromatic carbocycles. The minimum atomic E-state index is -4.35. The molecule has 1 unspecified atom stereocenters. The van der Waals surface area contributed by atoms with Crippen LogP contribution in [0.15, 0.2) is 24.5 Å². The number of nitrogens with two attached hydrogens (primary N) is 1. The largest absolute Gasteiger partial charge is 0.416 e. The Labute approximate surface area is 101 Å². The summed E-state index contributed by atoms with van der Waals surface area (Å²) in [7, 11) is 0. The fourth-order valence-corrected chi connectivity index (χ4v) is 1.71. The minimum absolute atomic E-state index is 0.415. The van der Waals surface area contributed by atoms with Crippen molar-refractivity contribution >= 4 is 0 Å². The average Bonchev–Trinajstić information content (AvgIpc) is 2.80. The maximum Gasteiger partial charge on any atom is 0.416 e. The van der Waals surface area contributed by atoms with Gasteiger partial charge in [0.1, 0.15) is 12.2 Å². The Bertz CT molecular complexity index is 534. The summed E-state index contributed by atoms with van der Waals surface area (Å²) in [4.78, 5) is 3.89. The lowest BCUT2D eigenvalue weighted by molar-refractivity contribution is -0.137. The van der Waals surface area contributed by atoms with Gasteiger partial charge < -0.3 is 5.73 Å². The second kappa shape index (κ2) is 4.41. The molecule has 2 aromatic rings. The third-order valence-corrected chi connectivity index (χ3v) is 2.66. The molecule has 1 atom stereocenters. The van der Waals surface area contributed by atoms with Gasteiger partial charge in [-0.15, -0.1) is 0 Å². The van der Waals surface area contributed by atoms with E-state index in [-0.39, 0.29) is 0 Å². The first kappa shape index (κ1) is 12.6. The quantitative estimate of drug-likeness (QED) is 0.865. The van der Waals surface area contributed by atoms with E-state index in [9.17, 15) is 13.2 Å². The van der Waals surface area contributed by atoms with Gasteiger partial charge in [0.05, 0.1) is 11.6 Å². The first-order valence-corrected chi connectivity index (χ1v) is 5.18. The van der Waals surface area contributed by atoms with E-state index in [0.717, 1.165) is 12.1 Å². The highest BCUT2D eigenvalue weighted by molar-refractivity contribution is 5.36. The van der Waals surface area contributed by atoms with Crippen molar-refractivity contribution in [1.82, 2.24) is 15.2 Å². The first-order chi connectivity index (χ1) is 8.39. The van der Waals surface area contributed by atoms with Crippen LogP contribution in [0.1, 0.15) is 28.6 Å². The van der Waals surface area contributed by atoms with E-state index in [0.29, 0.717) is 17.0 Å². The van der Waals surface area contributed by atoms with E-state index in [1.807, 2.05) is 0 Å². The number of H-pyrrole nitrogens is 1. The molecule has 18 heavy (non-hydrogen) atoms. The van der Waals surface area contributed by atoms with Crippen molar-refractivity contribution in [1.29, 1.82) is 0 Å². The molecule has 2 rings (SSSR count). The van der Waals surface area contributed by atoms with Crippen molar-refractivity contribution in [3.05, 3.63) is 47.0 Å². The number of hydrogen-bond donors (Lipinski definition) is 2. The van der Waals surface area contributed by atoms with Crippen LogP contribution in [0.2, 0.25) is 0 Å². The summed E-state index contributed by atoms with van der Waals surface area (Å²) in [6.07, 6.45) is -3.05. The van der Waals surface area contributed by atoms with Crippen molar-refractivity contribution in [2.45, 2.75) is 19.1 Å². The summed E-state index contributed by atoms with van der Waals surface area (Å²) in [6, 6.07) is 2.84. The Morgan fingerprint density at radius 1 is 1.33 bits per heavy atom. The Hall–Kier alpha value is -1.89. The zero-order valence-electron chi connectivity index (χ0n) is 9.49. The average molecular weight is 256 g/mol. The summed E-state index contributed by atoms with van der Waals surface area (Å²) in [5.74, 6) is 0.415. The van der Waals surface area contributed by atoms with Gasteiger partial charge in [-0.05, 0) is 30.2 Å². The molecule has 0 aliphatic rings. The number of aromatic amines is 1. The number of nitrogens with one attached hydrogen (secondary N) is 1. The molecule has 7 heteroatoms. The van der Waals surface area contributed by atoms with Crippen LogP contribution >= 0.6 is 0 Å². The maximum absolute atomic E-state index is 12.5. The van der Waals surface area contributed by atoms with Gasteiger partial charge in [0, 0.05) is 0 Å². The highest BCUT2D eigenvalue weighted by Crippen LogP contribution is 2.31. The van der Waals surface area contributed by atoms with Gasteiger partial charge in [0.2, 0.25) is 0 Å². The number of alkyl halides is 3. The SMILES string of the molecule is Cc1cc(C(F)(F)F)ccc1C(N)c1ncn[nH]1. The Kier molecular flexibility index (Phi) is 3.08. The molecule has 0 saturated heterocycles. The van der Waals surface area contributed by atoms with Crippen LogP contribution in [0.5, 0.6) is 0 Å². The van der Waals surface area contributed by atoms with Gasteiger partial charge in [0.25, 0.3) is 0 Å². The predicted octanol–water partition coefficient (Wildman–Crippen LogP) is 2.18. The normalized spacial score (nSPS) is 13.6. The van der Waals surface area contributed by atoms with Crippen LogP contribution in [0, 0.1) is 6.92 Å². The fraction of sp³-hybridized carbons (Fsp3) is 0.273. The van der Waals surface area contributed by atoms with Crippen LogP contribution in [0.25, 0.3) is 0 Å². The predicted molar refractivity (Wildman–Crippen MR) is 58.6 cm³/mol. The molecule has 0 fully saturated rings. The molecule has 0 amide bonds. The smallest absolute Gasteiger partial charge is 0.318 e. The number of hydrogen-bond acceptors (Lipinski definition) is 3. The molecular weight excluding hydrogens is 245 g/mol. The Morgan fingerprint density at radius 3 is 2.56 bits per heavy atom. The minimum Gasteiger partial charge on any atom is -0.318 e. The molecule has 0 bridgehead atoms. The third kappa shape index (κ3) is 2.35. The van der Waals surface area contributed by atoms with E-state index in [1.54, 1.807) is 6.92 Å². The summed E-state index contributed by atoms with van der Waals surface area (Å²) in [6.45, 7) is 1.58. The molecule has 0 aliphatic heterocycles. The zero-order valence-corrected chi connectivity index (χ0v) is 9.49. The fourth-order valence-electron chi connectivity index (χ4n) is 1.71. The van der Waals surface area contributed by atoms with Crippen LogP contribution < -0.4 is 5.73 Å². The number of nitrogens with zero attached hydrogens (tertiary/aromatic N) is 2. The number of aromatic nitrogens is 3. The Morgan fingerprint density at radius 2 is 2.06 bits per heavy atom. The summed E-state index contributed by atoms with van der Waals surface area (Å²) >= 11 is 0. The standard InChI is InChI=1S/C11H11F3N4/c1-6-4-7(11(12,13)14)2-3-8(6)9(15)10-16-5-17-18-10/h2-5,9H,15H2,1H3,(H,16,17,18). The van der Waals surface area contributed by atoms with Crippen LogP contribution in [-0.2, 0) is 6.18 Å². The van der Waals surface area contributed by atoms with E-state index in [1.165, 1.54) is 12.4 Å². The van der Waals surface area contributed by atoms with Crippen LogP contribution in [0.4, 0.5) is 13.2 Å². The molecule has 1 heterocycles. The Balaban J connectivity index is 2.36. The zero-order chi connectivity index (χ0) is 13.3. The second-order valence-electron chi connectivity index (χ2n) is 3.92. The summed E-state index contributed by atoms with van der Waals surface area (Å²) in [5, 5.41) is 6.26. The van der Waals surface area contributed by atoms with Crippen LogP contribution in [0.3, 0.4) is 0 Å². The second-order valence-corrected chi connectivity index (χ2v) is 3.92. The summed E-state index contributed by atoms with van der Waals surface area (Å²) < 4.78 is 37.5. The molecule has 0 aliphatic carbocycles. The molecule has 0 spiro atoms. The molecule has 96 valence electrons. The van der Waals surface area contributed by atoms with Crippen LogP contribution in [-0.4, -0.2) is 15.2 Å². The third-order valence-electron chi connectivity index (χ3n) is 2.66. The van der Waals surface area contributed by atoms with E-state index in [2.05, 4.69) is 15.2 Å². The van der Waals surface area contributed by atoms with Crippen molar-refractivity contribution in [2.75, 3.05) is 0 Å². The molecule has 3 N–H and O–H groups in total. The summed E-state index contributed by atoms with van der Waals surface area (Å²) in [5.41, 5.74) is 6.27. The van der Waals surface area contributed by atoms with Crippen molar-refractivity contribution in [2.24, 2.45) is 5.73 Å². The number of halogens is 3. The maximum atomic E-state index is 12.5. The van der Waals surface area contributed by atoms with E-state index < -0.39 is 17.8 Å². The van der Waals surface area contributed by atoms with Gasteiger partial charge in [-0.2, -0.15) is 18.3 Å². The molecule has 1 aromatic heterocycles. The highest BCUT2D eigenvalue weighted by atomic mass is 19.4.